The molecule has 0 spiro atoms. The first-order chi connectivity index (χ1) is 13.5. The molecule has 6 nitrogen and oxygen atoms in total. The molecule has 2 heterocycles. The van der Waals surface area contributed by atoms with Gasteiger partial charge in [0, 0.05) is 30.5 Å². The van der Waals surface area contributed by atoms with Crippen LogP contribution in [0.15, 0.2) is 42.7 Å². The fourth-order valence-corrected chi connectivity index (χ4v) is 3.54. The van der Waals surface area contributed by atoms with Crippen LogP contribution in [0.4, 0.5) is 5.69 Å². The number of piperidine rings is 1. The molecule has 6 heteroatoms. The lowest BCUT2D eigenvalue weighted by Crippen LogP contribution is -2.43. The van der Waals surface area contributed by atoms with E-state index in [0.717, 1.165) is 42.7 Å². The van der Waals surface area contributed by atoms with Crippen molar-refractivity contribution >= 4 is 17.5 Å². The van der Waals surface area contributed by atoms with Crippen LogP contribution in [0.5, 0.6) is 0 Å². The summed E-state index contributed by atoms with van der Waals surface area (Å²) in [5.74, 6) is 0.0880. The van der Waals surface area contributed by atoms with Crippen molar-refractivity contribution in [2.75, 3.05) is 25.0 Å². The Morgan fingerprint density at radius 1 is 1.18 bits per heavy atom. The number of carbonyl (C=O) groups is 2. The summed E-state index contributed by atoms with van der Waals surface area (Å²) in [6.07, 6.45) is 5.03. The van der Waals surface area contributed by atoms with Gasteiger partial charge in [-0.3, -0.25) is 19.5 Å². The highest BCUT2D eigenvalue weighted by molar-refractivity contribution is 5.93. The van der Waals surface area contributed by atoms with Crippen molar-refractivity contribution in [2.24, 2.45) is 5.92 Å². The average Bonchev–Trinajstić information content (AvgIpc) is 2.69. The van der Waals surface area contributed by atoms with Gasteiger partial charge in [0.05, 0.1) is 6.54 Å². The van der Waals surface area contributed by atoms with Gasteiger partial charge in [-0.15, -0.1) is 0 Å². The minimum Gasteiger partial charge on any atom is -0.352 e. The quantitative estimate of drug-likeness (QED) is 0.808. The highest BCUT2D eigenvalue weighted by Crippen LogP contribution is 2.19. The average molecular weight is 380 g/mol. The van der Waals surface area contributed by atoms with E-state index in [1.807, 2.05) is 38.1 Å². The standard InChI is InChI=1S/C22H28N4O2/c1-16-5-6-20(17(2)12-16)25-21(27)15-26-10-7-19(8-11-26)22(28)24-14-18-4-3-9-23-13-18/h3-6,9,12-13,19H,7-8,10-11,14-15H2,1-2H3,(H,24,28)(H,25,27). The number of benzene rings is 1. The molecule has 0 unspecified atom stereocenters. The summed E-state index contributed by atoms with van der Waals surface area (Å²) in [5.41, 5.74) is 4.10. The van der Waals surface area contributed by atoms with Gasteiger partial charge < -0.3 is 10.6 Å². The van der Waals surface area contributed by atoms with Crippen molar-refractivity contribution < 1.29 is 9.59 Å². The minimum absolute atomic E-state index is 0.00793. The summed E-state index contributed by atoms with van der Waals surface area (Å²) >= 11 is 0. The largest absolute Gasteiger partial charge is 0.352 e. The van der Waals surface area contributed by atoms with Gasteiger partial charge in [0.25, 0.3) is 0 Å². The van der Waals surface area contributed by atoms with Gasteiger partial charge in [-0.1, -0.05) is 23.8 Å². The van der Waals surface area contributed by atoms with Gasteiger partial charge in [-0.2, -0.15) is 0 Å². The number of amides is 2. The van der Waals surface area contributed by atoms with Crippen molar-refractivity contribution in [3.8, 4) is 0 Å². The second-order valence-electron chi connectivity index (χ2n) is 7.50. The fourth-order valence-electron chi connectivity index (χ4n) is 3.54. The maximum absolute atomic E-state index is 12.4. The zero-order valence-corrected chi connectivity index (χ0v) is 16.6. The second kappa shape index (κ2) is 9.46. The summed E-state index contributed by atoms with van der Waals surface area (Å²) < 4.78 is 0. The van der Waals surface area contributed by atoms with Crippen LogP contribution in [-0.4, -0.2) is 41.3 Å². The number of hydrogen-bond acceptors (Lipinski definition) is 4. The van der Waals surface area contributed by atoms with Crippen LogP contribution in [-0.2, 0) is 16.1 Å². The molecule has 0 bridgehead atoms. The zero-order valence-electron chi connectivity index (χ0n) is 16.6. The van der Waals surface area contributed by atoms with Crippen molar-refractivity contribution in [1.29, 1.82) is 0 Å². The summed E-state index contributed by atoms with van der Waals surface area (Å²) in [6.45, 7) is 6.41. The first-order valence-corrected chi connectivity index (χ1v) is 9.77. The molecule has 2 amide bonds. The Hall–Kier alpha value is -2.73. The Labute approximate surface area is 166 Å². The fraction of sp³-hybridized carbons (Fsp3) is 0.409. The van der Waals surface area contributed by atoms with Crippen LogP contribution < -0.4 is 10.6 Å². The van der Waals surface area contributed by atoms with Crippen LogP contribution >= 0.6 is 0 Å². The number of aromatic nitrogens is 1. The molecule has 0 radical (unpaired) electrons. The number of nitrogens with one attached hydrogen (secondary N) is 2. The molecule has 1 aromatic heterocycles. The predicted octanol–water partition coefficient (Wildman–Crippen LogP) is 2.67. The minimum atomic E-state index is -0.00793. The molecule has 0 saturated carbocycles. The summed E-state index contributed by atoms with van der Waals surface area (Å²) in [6, 6.07) is 9.82. The first-order valence-electron chi connectivity index (χ1n) is 9.77. The normalized spacial score (nSPS) is 15.2. The smallest absolute Gasteiger partial charge is 0.238 e. The molecule has 28 heavy (non-hydrogen) atoms. The predicted molar refractivity (Wildman–Crippen MR) is 110 cm³/mol. The van der Waals surface area contributed by atoms with E-state index < -0.39 is 0 Å². The molecular weight excluding hydrogens is 352 g/mol. The SMILES string of the molecule is Cc1ccc(NC(=O)CN2CCC(C(=O)NCc3cccnc3)CC2)c(C)c1. The molecule has 148 valence electrons. The van der Waals surface area contributed by atoms with E-state index in [2.05, 4.69) is 26.6 Å². The Kier molecular flexibility index (Phi) is 6.76. The molecular formula is C22H28N4O2. The number of hydrogen-bond donors (Lipinski definition) is 2. The van der Waals surface area contributed by atoms with Gasteiger partial charge in [-0.25, -0.2) is 0 Å². The summed E-state index contributed by atoms with van der Waals surface area (Å²) in [7, 11) is 0. The molecule has 2 aromatic rings. The van der Waals surface area contributed by atoms with Gasteiger partial charge in [0.15, 0.2) is 0 Å². The molecule has 2 N–H and O–H groups in total. The third kappa shape index (κ3) is 5.63. The summed E-state index contributed by atoms with van der Waals surface area (Å²) in [4.78, 5) is 30.9. The van der Waals surface area contributed by atoms with Gasteiger partial charge in [0.1, 0.15) is 0 Å². The van der Waals surface area contributed by atoms with E-state index in [1.54, 1.807) is 12.4 Å². The number of nitrogens with zero attached hydrogens (tertiary/aromatic N) is 2. The van der Waals surface area contributed by atoms with E-state index in [9.17, 15) is 9.59 Å². The van der Waals surface area contributed by atoms with Gasteiger partial charge in [0.2, 0.25) is 11.8 Å². The van der Waals surface area contributed by atoms with E-state index >= 15 is 0 Å². The molecule has 1 aromatic carbocycles. The van der Waals surface area contributed by atoms with Crippen molar-refractivity contribution in [3.63, 3.8) is 0 Å². The van der Waals surface area contributed by atoms with Crippen LogP contribution in [0.1, 0.15) is 29.5 Å². The topological polar surface area (TPSA) is 74.3 Å². The maximum Gasteiger partial charge on any atom is 0.238 e. The molecule has 1 saturated heterocycles. The van der Waals surface area contributed by atoms with E-state index in [-0.39, 0.29) is 17.7 Å². The Bertz CT molecular complexity index is 815. The lowest BCUT2D eigenvalue weighted by atomic mass is 9.96. The number of anilines is 1. The van der Waals surface area contributed by atoms with Crippen LogP contribution in [0.25, 0.3) is 0 Å². The summed E-state index contributed by atoms with van der Waals surface area (Å²) in [5, 5.41) is 5.98. The van der Waals surface area contributed by atoms with E-state index in [0.29, 0.717) is 13.1 Å². The lowest BCUT2D eigenvalue weighted by Gasteiger charge is -2.30. The molecule has 0 atom stereocenters. The Morgan fingerprint density at radius 2 is 1.96 bits per heavy atom. The number of aryl methyl sites for hydroxylation is 2. The van der Waals surface area contributed by atoms with Crippen LogP contribution in [0.2, 0.25) is 0 Å². The zero-order chi connectivity index (χ0) is 19.9. The van der Waals surface area contributed by atoms with E-state index in [1.165, 1.54) is 5.56 Å². The number of likely N-dealkylation sites (tertiary alicyclic amines) is 1. The van der Waals surface area contributed by atoms with Crippen molar-refractivity contribution in [3.05, 3.63) is 59.4 Å². The Balaban J connectivity index is 1.41. The first kappa shape index (κ1) is 20.0. The third-order valence-electron chi connectivity index (χ3n) is 5.17. The van der Waals surface area contributed by atoms with Crippen LogP contribution in [0, 0.1) is 19.8 Å². The third-order valence-corrected chi connectivity index (χ3v) is 5.17. The molecule has 3 rings (SSSR count). The highest BCUT2D eigenvalue weighted by atomic mass is 16.2. The lowest BCUT2D eigenvalue weighted by molar-refractivity contribution is -0.126. The molecule has 1 aliphatic rings. The van der Waals surface area contributed by atoms with Gasteiger partial charge >= 0.3 is 0 Å². The number of rotatable bonds is 6. The van der Waals surface area contributed by atoms with Crippen LogP contribution in [0.3, 0.4) is 0 Å². The monoisotopic (exact) mass is 380 g/mol. The van der Waals surface area contributed by atoms with Crippen molar-refractivity contribution in [1.82, 2.24) is 15.2 Å². The molecule has 0 aliphatic carbocycles. The molecule has 1 aliphatic heterocycles. The number of carbonyl (C=O) groups excluding carboxylic acids is 2. The highest BCUT2D eigenvalue weighted by Gasteiger charge is 2.25. The second-order valence-corrected chi connectivity index (χ2v) is 7.50. The van der Waals surface area contributed by atoms with Gasteiger partial charge in [-0.05, 0) is 63.0 Å². The molecule has 1 fully saturated rings. The Morgan fingerprint density at radius 3 is 2.64 bits per heavy atom. The van der Waals surface area contributed by atoms with Crippen molar-refractivity contribution in [2.45, 2.75) is 33.2 Å². The number of pyridine rings is 1. The maximum atomic E-state index is 12.4. The van der Waals surface area contributed by atoms with E-state index in [4.69, 9.17) is 0 Å².